The molecule has 0 bridgehead atoms. The van der Waals surface area contributed by atoms with Crippen LogP contribution in [0.1, 0.15) is 31.9 Å². The molecule has 1 atom stereocenters. The molecule has 0 aliphatic carbocycles. The Hall–Kier alpha value is -0.933. The Kier molecular flexibility index (Phi) is 5.29. The van der Waals surface area contributed by atoms with Crippen LogP contribution in [0.3, 0.4) is 0 Å². The minimum absolute atomic E-state index is 0.0708. The molecule has 0 aromatic heterocycles. The molecule has 0 N–H and O–H groups in total. The van der Waals surface area contributed by atoms with Crippen LogP contribution in [-0.2, 0) is 9.22 Å². The van der Waals surface area contributed by atoms with Gasteiger partial charge in [-0.05, 0) is 25.2 Å². The first-order valence-corrected chi connectivity index (χ1v) is 9.96. The Morgan fingerprint density at radius 1 is 1.17 bits per heavy atom. The van der Waals surface area contributed by atoms with Gasteiger partial charge in [0.1, 0.15) is 5.78 Å². The Morgan fingerprint density at radius 2 is 1.72 bits per heavy atom. The van der Waals surface area contributed by atoms with E-state index in [-0.39, 0.29) is 17.8 Å². The van der Waals surface area contributed by atoms with E-state index in [9.17, 15) is 4.79 Å². The second-order valence-electron chi connectivity index (χ2n) is 5.95. The van der Waals surface area contributed by atoms with Gasteiger partial charge < -0.3 is 4.43 Å². The molecule has 1 rings (SSSR count). The molecule has 0 saturated carbocycles. The first-order chi connectivity index (χ1) is 8.29. The minimum atomic E-state index is -1.66. The quantitative estimate of drug-likeness (QED) is 0.720. The largest absolute Gasteiger partial charge is 0.410 e. The molecule has 0 amide bonds. The highest BCUT2D eigenvalue weighted by Gasteiger charge is 2.25. The van der Waals surface area contributed by atoms with Crippen molar-refractivity contribution in [2.75, 3.05) is 0 Å². The number of carbonyl (C=O) groups excluding carboxylic acids is 1. The molecule has 0 saturated heterocycles. The minimum Gasteiger partial charge on any atom is -0.410 e. The van der Waals surface area contributed by atoms with E-state index in [2.05, 4.69) is 19.6 Å². The third-order valence-electron chi connectivity index (χ3n) is 2.70. The molecule has 0 aliphatic rings. The van der Waals surface area contributed by atoms with E-state index in [1.54, 1.807) is 0 Å². The fourth-order valence-corrected chi connectivity index (χ4v) is 2.81. The predicted molar refractivity (Wildman–Crippen MR) is 78.1 cm³/mol. The highest BCUT2D eigenvalue weighted by Crippen LogP contribution is 2.26. The molecule has 0 aliphatic heterocycles. The Balaban J connectivity index is 2.86. The maximum absolute atomic E-state index is 11.9. The van der Waals surface area contributed by atoms with E-state index < -0.39 is 8.32 Å². The van der Waals surface area contributed by atoms with Gasteiger partial charge in [0.05, 0.1) is 6.10 Å². The first kappa shape index (κ1) is 15.1. The number of Topliss-reactive ketones (excluding diaryl/α,β-unsaturated/α-hetero) is 1. The summed E-state index contributed by atoms with van der Waals surface area (Å²) in [4.78, 5) is 11.9. The van der Waals surface area contributed by atoms with Crippen LogP contribution in [0, 0.1) is 5.92 Å². The van der Waals surface area contributed by atoms with E-state index in [1.165, 1.54) is 0 Å². The summed E-state index contributed by atoms with van der Waals surface area (Å²) in [5, 5.41) is 0. The SMILES string of the molecule is CC(C)C(=O)CC(O[Si](C)(C)C)c1ccccc1. The summed E-state index contributed by atoms with van der Waals surface area (Å²) in [6.45, 7) is 10.4. The second-order valence-corrected chi connectivity index (χ2v) is 10.4. The summed E-state index contributed by atoms with van der Waals surface area (Å²) < 4.78 is 6.16. The second kappa shape index (κ2) is 6.30. The number of ketones is 1. The van der Waals surface area contributed by atoms with E-state index in [0.717, 1.165) is 5.56 Å². The monoisotopic (exact) mass is 264 g/mol. The van der Waals surface area contributed by atoms with Gasteiger partial charge in [-0.2, -0.15) is 0 Å². The average molecular weight is 264 g/mol. The molecule has 0 spiro atoms. The van der Waals surface area contributed by atoms with Crippen LogP contribution in [-0.4, -0.2) is 14.1 Å². The van der Waals surface area contributed by atoms with E-state index in [4.69, 9.17) is 4.43 Å². The van der Waals surface area contributed by atoms with Gasteiger partial charge in [-0.25, -0.2) is 0 Å². The highest BCUT2D eigenvalue weighted by atomic mass is 28.4. The molecule has 18 heavy (non-hydrogen) atoms. The molecule has 1 unspecified atom stereocenters. The topological polar surface area (TPSA) is 26.3 Å². The summed E-state index contributed by atoms with van der Waals surface area (Å²) >= 11 is 0. The van der Waals surface area contributed by atoms with E-state index in [1.807, 2.05) is 44.2 Å². The number of carbonyl (C=O) groups is 1. The summed E-state index contributed by atoms with van der Waals surface area (Å²) in [5.74, 6) is 0.337. The van der Waals surface area contributed by atoms with Crippen molar-refractivity contribution in [1.29, 1.82) is 0 Å². The van der Waals surface area contributed by atoms with Crippen molar-refractivity contribution in [3.05, 3.63) is 35.9 Å². The lowest BCUT2D eigenvalue weighted by Gasteiger charge is -2.27. The standard InChI is InChI=1S/C15H24O2Si/c1-12(2)14(16)11-15(17-18(3,4)5)13-9-7-6-8-10-13/h6-10,12,15H,11H2,1-5H3. The van der Waals surface area contributed by atoms with Crippen molar-refractivity contribution in [2.24, 2.45) is 5.92 Å². The number of rotatable bonds is 6. The Bertz CT molecular complexity index is 379. The fraction of sp³-hybridized carbons (Fsp3) is 0.533. The van der Waals surface area contributed by atoms with Crippen molar-refractivity contribution in [1.82, 2.24) is 0 Å². The van der Waals surface area contributed by atoms with Gasteiger partial charge in [-0.1, -0.05) is 44.2 Å². The van der Waals surface area contributed by atoms with Crippen molar-refractivity contribution in [2.45, 2.75) is 46.0 Å². The third-order valence-corrected chi connectivity index (χ3v) is 3.69. The van der Waals surface area contributed by atoms with Crippen LogP contribution in [0.25, 0.3) is 0 Å². The summed E-state index contributed by atoms with van der Waals surface area (Å²) in [6.07, 6.45) is 0.388. The zero-order valence-electron chi connectivity index (χ0n) is 12.1. The van der Waals surface area contributed by atoms with Crippen LogP contribution in [0.15, 0.2) is 30.3 Å². The van der Waals surface area contributed by atoms with Gasteiger partial charge >= 0.3 is 0 Å². The molecule has 3 heteroatoms. The zero-order chi connectivity index (χ0) is 13.8. The number of hydrogen-bond donors (Lipinski definition) is 0. The number of hydrogen-bond acceptors (Lipinski definition) is 2. The lowest BCUT2D eigenvalue weighted by Crippen LogP contribution is -2.29. The average Bonchev–Trinajstić information content (AvgIpc) is 2.27. The highest BCUT2D eigenvalue weighted by molar-refractivity contribution is 6.69. The van der Waals surface area contributed by atoms with Crippen molar-refractivity contribution in [3.63, 3.8) is 0 Å². The smallest absolute Gasteiger partial charge is 0.184 e. The van der Waals surface area contributed by atoms with Crippen LogP contribution < -0.4 is 0 Å². The van der Waals surface area contributed by atoms with Crippen LogP contribution >= 0.6 is 0 Å². The maximum atomic E-state index is 11.9. The van der Waals surface area contributed by atoms with Crippen molar-refractivity contribution in [3.8, 4) is 0 Å². The molecule has 2 nitrogen and oxygen atoms in total. The predicted octanol–water partition coefficient (Wildman–Crippen LogP) is 4.19. The van der Waals surface area contributed by atoms with Crippen LogP contribution in [0.5, 0.6) is 0 Å². The molecular formula is C15H24O2Si. The molecule has 1 aromatic rings. The van der Waals surface area contributed by atoms with Crippen molar-refractivity contribution >= 4 is 14.1 Å². The van der Waals surface area contributed by atoms with Crippen molar-refractivity contribution < 1.29 is 9.22 Å². The lowest BCUT2D eigenvalue weighted by molar-refractivity contribution is -0.123. The van der Waals surface area contributed by atoms with Gasteiger partial charge in [0, 0.05) is 12.3 Å². The maximum Gasteiger partial charge on any atom is 0.184 e. The fourth-order valence-electron chi connectivity index (χ4n) is 1.74. The molecular weight excluding hydrogens is 240 g/mol. The first-order valence-electron chi connectivity index (χ1n) is 6.55. The van der Waals surface area contributed by atoms with Crippen LogP contribution in [0.2, 0.25) is 19.6 Å². The normalized spacial score (nSPS) is 13.7. The van der Waals surface area contributed by atoms with Gasteiger partial charge in [0.25, 0.3) is 0 Å². The third kappa shape index (κ3) is 5.15. The van der Waals surface area contributed by atoms with Gasteiger partial charge in [0.15, 0.2) is 8.32 Å². The molecule has 0 heterocycles. The molecule has 1 aromatic carbocycles. The van der Waals surface area contributed by atoms with Gasteiger partial charge in [-0.15, -0.1) is 0 Å². The zero-order valence-corrected chi connectivity index (χ0v) is 13.1. The van der Waals surface area contributed by atoms with Crippen LogP contribution in [0.4, 0.5) is 0 Å². The lowest BCUT2D eigenvalue weighted by atomic mass is 9.99. The summed E-state index contributed by atoms with van der Waals surface area (Å²) in [6, 6.07) is 10.1. The summed E-state index contributed by atoms with van der Waals surface area (Å²) in [7, 11) is -1.66. The summed E-state index contributed by atoms with van der Waals surface area (Å²) in [5.41, 5.74) is 1.11. The van der Waals surface area contributed by atoms with E-state index in [0.29, 0.717) is 6.42 Å². The van der Waals surface area contributed by atoms with Gasteiger partial charge in [0.2, 0.25) is 0 Å². The Morgan fingerprint density at radius 3 is 2.17 bits per heavy atom. The number of benzene rings is 1. The van der Waals surface area contributed by atoms with E-state index >= 15 is 0 Å². The molecule has 0 fully saturated rings. The Labute approximate surface area is 111 Å². The molecule has 100 valence electrons. The van der Waals surface area contributed by atoms with Gasteiger partial charge in [-0.3, -0.25) is 4.79 Å². The molecule has 0 radical (unpaired) electrons.